The van der Waals surface area contributed by atoms with Gasteiger partial charge in [0.15, 0.2) is 0 Å². The van der Waals surface area contributed by atoms with Crippen molar-refractivity contribution in [3.8, 4) is 0 Å². The molecule has 2 aromatic rings. The summed E-state index contributed by atoms with van der Waals surface area (Å²) >= 11 is 0. The number of imidazole rings is 1. The van der Waals surface area contributed by atoms with E-state index in [0.29, 0.717) is 37.5 Å². The molecule has 1 aliphatic rings. The highest BCUT2D eigenvalue weighted by atomic mass is 19.4. The zero-order chi connectivity index (χ0) is 20.9. The standard InChI is InChI=1S/C21H27F3N4O/c1-16-25-7-11-28(16)12-8-26-20(29)14-17-5-9-27(10-6-17)15-18-3-2-4-19(13-18)21(22,23)24/h2-4,7,11,13,17H,5-6,8-10,12,14-15H2,1H3,(H,26,29). The lowest BCUT2D eigenvalue weighted by molar-refractivity contribution is -0.137. The van der Waals surface area contributed by atoms with Gasteiger partial charge < -0.3 is 9.88 Å². The third kappa shape index (κ3) is 6.32. The molecule has 0 saturated carbocycles. The number of alkyl halides is 3. The molecule has 0 atom stereocenters. The van der Waals surface area contributed by atoms with Crippen LogP contribution in [0.5, 0.6) is 0 Å². The molecule has 5 nitrogen and oxygen atoms in total. The monoisotopic (exact) mass is 408 g/mol. The third-order valence-corrected chi connectivity index (χ3v) is 5.44. The van der Waals surface area contributed by atoms with E-state index in [9.17, 15) is 18.0 Å². The van der Waals surface area contributed by atoms with Gasteiger partial charge in [0.2, 0.25) is 5.91 Å². The number of benzene rings is 1. The molecular weight excluding hydrogens is 381 g/mol. The minimum Gasteiger partial charge on any atom is -0.354 e. The van der Waals surface area contributed by atoms with E-state index in [-0.39, 0.29) is 5.91 Å². The quantitative estimate of drug-likeness (QED) is 0.761. The number of halogens is 3. The second-order valence-electron chi connectivity index (χ2n) is 7.64. The summed E-state index contributed by atoms with van der Waals surface area (Å²) in [6, 6.07) is 5.52. The topological polar surface area (TPSA) is 50.2 Å². The fourth-order valence-corrected chi connectivity index (χ4v) is 3.74. The van der Waals surface area contributed by atoms with E-state index in [1.165, 1.54) is 12.1 Å². The van der Waals surface area contributed by atoms with Crippen molar-refractivity contribution in [1.82, 2.24) is 19.8 Å². The summed E-state index contributed by atoms with van der Waals surface area (Å²) in [5.74, 6) is 1.30. The van der Waals surface area contributed by atoms with Crippen LogP contribution in [0.15, 0.2) is 36.7 Å². The second-order valence-corrected chi connectivity index (χ2v) is 7.64. The van der Waals surface area contributed by atoms with Crippen LogP contribution in [0, 0.1) is 12.8 Å². The number of likely N-dealkylation sites (tertiary alicyclic amines) is 1. The lowest BCUT2D eigenvalue weighted by Crippen LogP contribution is -2.36. The Labute approximate surface area is 168 Å². The average Bonchev–Trinajstić information content (AvgIpc) is 3.08. The molecule has 0 bridgehead atoms. The van der Waals surface area contributed by atoms with Crippen molar-refractivity contribution in [1.29, 1.82) is 0 Å². The number of nitrogens with zero attached hydrogens (tertiary/aromatic N) is 3. The maximum absolute atomic E-state index is 12.9. The Kier molecular flexibility index (Phi) is 6.95. The molecule has 3 rings (SSSR count). The Hall–Kier alpha value is -2.35. The summed E-state index contributed by atoms with van der Waals surface area (Å²) in [6.45, 7) is 5.30. The predicted molar refractivity (Wildman–Crippen MR) is 104 cm³/mol. The van der Waals surface area contributed by atoms with Crippen LogP contribution in [0.25, 0.3) is 0 Å². The molecule has 1 fully saturated rings. The number of carbonyl (C=O) groups excluding carboxylic acids is 1. The largest absolute Gasteiger partial charge is 0.416 e. The lowest BCUT2D eigenvalue weighted by atomic mass is 9.93. The molecule has 2 heterocycles. The van der Waals surface area contributed by atoms with Gasteiger partial charge >= 0.3 is 6.18 Å². The Balaban J connectivity index is 1.38. The minimum absolute atomic E-state index is 0.0547. The van der Waals surface area contributed by atoms with Gasteiger partial charge in [-0.25, -0.2) is 4.98 Å². The van der Waals surface area contributed by atoms with Crippen LogP contribution in [0.1, 0.15) is 36.2 Å². The van der Waals surface area contributed by atoms with Gasteiger partial charge in [0, 0.05) is 38.4 Å². The number of nitrogens with one attached hydrogen (secondary N) is 1. The second kappa shape index (κ2) is 9.43. The molecule has 1 saturated heterocycles. The molecule has 0 spiro atoms. The number of amides is 1. The van der Waals surface area contributed by atoms with Crippen LogP contribution in [0.4, 0.5) is 13.2 Å². The van der Waals surface area contributed by atoms with Crippen molar-refractivity contribution in [3.05, 3.63) is 53.6 Å². The Bertz CT molecular complexity index is 810. The molecule has 1 amide bonds. The van der Waals surface area contributed by atoms with Crippen molar-refractivity contribution in [2.45, 2.75) is 45.5 Å². The summed E-state index contributed by atoms with van der Waals surface area (Å²) in [4.78, 5) is 18.5. The molecule has 29 heavy (non-hydrogen) atoms. The predicted octanol–water partition coefficient (Wildman–Crippen LogP) is 3.63. The summed E-state index contributed by atoms with van der Waals surface area (Å²) in [5, 5.41) is 2.96. The molecule has 8 heteroatoms. The van der Waals surface area contributed by atoms with Crippen molar-refractivity contribution in [2.75, 3.05) is 19.6 Å². The first kappa shape index (κ1) is 21.4. The van der Waals surface area contributed by atoms with Gasteiger partial charge in [0.25, 0.3) is 0 Å². The average molecular weight is 408 g/mol. The van der Waals surface area contributed by atoms with Crippen LogP contribution in [0.3, 0.4) is 0 Å². The lowest BCUT2D eigenvalue weighted by Gasteiger charge is -2.31. The van der Waals surface area contributed by atoms with Gasteiger partial charge in [-0.2, -0.15) is 13.2 Å². The Morgan fingerprint density at radius 1 is 1.28 bits per heavy atom. The highest BCUT2D eigenvalue weighted by Crippen LogP contribution is 2.30. The highest BCUT2D eigenvalue weighted by Gasteiger charge is 2.30. The summed E-state index contributed by atoms with van der Waals surface area (Å²) in [7, 11) is 0. The van der Waals surface area contributed by atoms with Gasteiger partial charge in [-0.1, -0.05) is 18.2 Å². The van der Waals surface area contributed by atoms with Gasteiger partial charge in [-0.15, -0.1) is 0 Å². The number of rotatable bonds is 7. The first-order valence-electron chi connectivity index (χ1n) is 9.94. The smallest absolute Gasteiger partial charge is 0.354 e. The molecule has 1 N–H and O–H groups in total. The maximum Gasteiger partial charge on any atom is 0.416 e. The van der Waals surface area contributed by atoms with Crippen LogP contribution < -0.4 is 5.32 Å². The van der Waals surface area contributed by atoms with Gasteiger partial charge in [-0.3, -0.25) is 9.69 Å². The van der Waals surface area contributed by atoms with Crippen molar-refractivity contribution < 1.29 is 18.0 Å². The molecule has 1 aliphatic heterocycles. The van der Waals surface area contributed by atoms with E-state index in [0.717, 1.165) is 37.8 Å². The first-order valence-corrected chi connectivity index (χ1v) is 9.94. The fourth-order valence-electron chi connectivity index (χ4n) is 3.74. The van der Waals surface area contributed by atoms with Crippen molar-refractivity contribution >= 4 is 5.91 Å². The normalized spacial score (nSPS) is 16.1. The number of aryl methyl sites for hydroxylation is 1. The Morgan fingerprint density at radius 3 is 2.69 bits per heavy atom. The molecule has 0 unspecified atom stereocenters. The van der Waals surface area contributed by atoms with Crippen LogP contribution >= 0.6 is 0 Å². The number of aromatic nitrogens is 2. The van der Waals surface area contributed by atoms with E-state index in [4.69, 9.17) is 0 Å². The highest BCUT2D eigenvalue weighted by molar-refractivity contribution is 5.76. The van der Waals surface area contributed by atoms with Crippen LogP contribution in [-0.4, -0.2) is 40.0 Å². The molecule has 1 aromatic heterocycles. The fraction of sp³-hybridized carbons (Fsp3) is 0.524. The number of hydrogen-bond donors (Lipinski definition) is 1. The number of piperidine rings is 1. The van der Waals surface area contributed by atoms with E-state index in [1.807, 2.05) is 17.7 Å². The van der Waals surface area contributed by atoms with E-state index < -0.39 is 11.7 Å². The first-order chi connectivity index (χ1) is 13.8. The van der Waals surface area contributed by atoms with Crippen LogP contribution in [-0.2, 0) is 24.1 Å². The SMILES string of the molecule is Cc1nccn1CCNC(=O)CC1CCN(Cc2cccc(C(F)(F)F)c2)CC1. The molecule has 158 valence electrons. The van der Waals surface area contributed by atoms with Gasteiger partial charge in [0.05, 0.1) is 5.56 Å². The molecule has 0 radical (unpaired) electrons. The Morgan fingerprint density at radius 2 is 2.03 bits per heavy atom. The summed E-state index contributed by atoms with van der Waals surface area (Å²) in [6.07, 6.45) is 1.58. The van der Waals surface area contributed by atoms with E-state index in [2.05, 4.69) is 15.2 Å². The number of carbonyl (C=O) groups is 1. The van der Waals surface area contributed by atoms with Crippen molar-refractivity contribution in [3.63, 3.8) is 0 Å². The van der Waals surface area contributed by atoms with Gasteiger partial charge in [-0.05, 0) is 50.4 Å². The zero-order valence-corrected chi connectivity index (χ0v) is 16.6. The summed E-state index contributed by atoms with van der Waals surface area (Å²) in [5.41, 5.74) is 0.0678. The van der Waals surface area contributed by atoms with E-state index in [1.54, 1.807) is 12.3 Å². The molecular formula is C21H27F3N4O. The maximum atomic E-state index is 12.9. The number of hydrogen-bond acceptors (Lipinski definition) is 3. The molecule has 0 aliphatic carbocycles. The summed E-state index contributed by atoms with van der Waals surface area (Å²) < 4.78 is 40.5. The van der Waals surface area contributed by atoms with Gasteiger partial charge in [0.1, 0.15) is 5.82 Å². The van der Waals surface area contributed by atoms with E-state index >= 15 is 0 Å². The molecule has 1 aromatic carbocycles. The third-order valence-electron chi connectivity index (χ3n) is 5.44. The zero-order valence-electron chi connectivity index (χ0n) is 16.6. The van der Waals surface area contributed by atoms with Crippen LogP contribution in [0.2, 0.25) is 0 Å². The minimum atomic E-state index is -4.31. The van der Waals surface area contributed by atoms with Crippen molar-refractivity contribution in [2.24, 2.45) is 5.92 Å².